The van der Waals surface area contributed by atoms with Gasteiger partial charge in [-0.2, -0.15) is 0 Å². The lowest BCUT2D eigenvalue weighted by molar-refractivity contribution is -0.143. The maximum absolute atomic E-state index is 11.3. The minimum absolute atomic E-state index is 0.0846. The van der Waals surface area contributed by atoms with Gasteiger partial charge in [-0.3, -0.25) is 9.59 Å². The molecule has 0 aliphatic heterocycles. The van der Waals surface area contributed by atoms with Gasteiger partial charge in [-0.1, -0.05) is 39.5 Å². The van der Waals surface area contributed by atoms with Gasteiger partial charge in [0.25, 0.3) is 0 Å². The van der Waals surface area contributed by atoms with Crippen LogP contribution in [0.3, 0.4) is 0 Å². The van der Waals surface area contributed by atoms with Crippen LogP contribution in [0.4, 0.5) is 0 Å². The van der Waals surface area contributed by atoms with E-state index in [0.717, 1.165) is 12.8 Å². The van der Waals surface area contributed by atoms with Gasteiger partial charge in [-0.15, -0.1) is 0 Å². The van der Waals surface area contributed by atoms with Crippen molar-refractivity contribution in [3.8, 4) is 0 Å². The highest BCUT2D eigenvalue weighted by Gasteiger charge is 2.14. The second-order valence-electron chi connectivity index (χ2n) is 4.15. The minimum Gasteiger partial charge on any atom is -0.481 e. The Bertz CT molecular complexity index is 199. The number of carboxylic acid groups (broad SMARTS) is 1. The maximum Gasteiger partial charge on any atom is 0.306 e. The molecule has 0 heterocycles. The highest BCUT2D eigenvalue weighted by atomic mass is 16.4. The van der Waals surface area contributed by atoms with E-state index in [9.17, 15) is 9.59 Å². The fourth-order valence-electron chi connectivity index (χ4n) is 1.46. The largest absolute Gasteiger partial charge is 0.481 e. The van der Waals surface area contributed by atoms with Gasteiger partial charge in [-0.25, -0.2) is 0 Å². The molecule has 0 aliphatic rings. The third-order valence-electron chi connectivity index (χ3n) is 2.51. The van der Waals surface area contributed by atoms with E-state index in [2.05, 4.69) is 6.92 Å². The number of aliphatic carboxylic acids is 1. The average molecular weight is 214 g/mol. The number of ketones is 1. The van der Waals surface area contributed by atoms with E-state index in [1.807, 2.05) is 0 Å². The summed E-state index contributed by atoms with van der Waals surface area (Å²) in [5, 5.41) is 8.62. The number of hydrogen-bond donors (Lipinski definition) is 1. The highest BCUT2D eigenvalue weighted by molar-refractivity contribution is 5.83. The topological polar surface area (TPSA) is 54.4 Å². The molecule has 3 heteroatoms. The number of carbonyl (C=O) groups excluding carboxylic acids is 1. The molecule has 15 heavy (non-hydrogen) atoms. The lowest BCUT2D eigenvalue weighted by atomic mass is 10.0. The van der Waals surface area contributed by atoms with E-state index in [1.54, 1.807) is 6.92 Å². The summed E-state index contributed by atoms with van der Waals surface area (Å²) in [6.45, 7) is 3.73. The van der Waals surface area contributed by atoms with Crippen LogP contribution in [0.1, 0.15) is 58.8 Å². The van der Waals surface area contributed by atoms with E-state index in [0.29, 0.717) is 6.42 Å². The smallest absolute Gasteiger partial charge is 0.306 e. The van der Waals surface area contributed by atoms with Gasteiger partial charge >= 0.3 is 5.97 Å². The van der Waals surface area contributed by atoms with Gasteiger partial charge in [0, 0.05) is 12.8 Å². The van der Waals surface area contributed by atoms with E-state index in [1.165, 1.54) is 19.3 Å². The summed E-state index contributed by atoms with van der Waals surface area (Å²) in [6.07, 6.45) is 6.32. The van der Waals surface area contributed by atoms with E-state index >= 15 is 0 Å². The zero-order valence-electron chi connectivity index (χ0n) is 9.79. The first-order chi connectivity index (χ1) is 7.07. The zero-order chi connectivity index (χ0) is 11.7. The molecule has 1 unspecified atom stereocenters. The maximum atomic E-state index is 11.3. The molecule has 1 atom stereocenters. The van der Waals surface area contributed by atoms with Crippen molar-refractivity contribution in [2.75, 3.05) is 0 Å². The van der Waals surface area contributed by atoms with Crippen molar-refractivity contribution >= 4 is 11.8 Å². The van der Waals surface area contributed by atoms with E-state index in [4.69, 9.17) is 5.11 Å². The molecule has 0 bridgehead atoms. The molecule has 88 valence electrons. The Balaban J connectivity index is 3.45. The molecule has 0 amide bonds. The first-order valence-electron chi connectivity index (χ1n) is 5.82. The molecule has 0 aromatic heterocycles. The lowest BCUT2D eigenvalue weighted by Crippen LogP contribution is -2.14. The van der Waals surface area contributed by atoms with Crippen LogP contribution < -0.4 is 0 Å². The number of Topliss-reactive ketones (excluding diaryl/α,β-unsaturated/α-hetero) is 1. The van der Waals surface area contributed by atoms with E-state index < -0.39 is 11.9 Å². The Kier molecular flexibility index (Phi) is 7.96. The van der Waals surface area contributed by atoms with Crippen molar-refractivity contribution in [2.24, 2.45) is 5.92 Å². The van der Waals surface area contributed by atoms with Crippen LogP contribution in [0.25, 0.3) is 0 Å². The van der Waals surface area contributed by atoms with Gasteiger partial charge in [0.1, 0.15) is 5.78 Å². The van der Waals surface area contributed by atoms with Gasteiger partial charge in [-0.05, 0) is 6.42 Å². The first kappa shape index (κ1) is 14.1. The van der Waals surface area contributed by atoms with Crippen molar-refractivity contribution in [1.82, 2.24) is 0 Å². The Morgan fingerprint density at radius 1 is 1.13 bits per heavy atom. The first-order valence-corrected chi connectivity index (χ1v) is 5.82. The predicted octanol–water partition coefficient (Wildman–Crippen LogP) is 3.03. The molecule has 3 nitrogen and oxygen atoms in total. The van der Waals surface area contributed by atoms with Crippen molar-refractivity contribution in [3.05, 3.63) is 0 Å². The standard InChI is InChI=1S/C12H22O3/c1-3-4-5-6-7-8-11(13)9-10(2)12(14)15/h10H,3-9H2,1-2H3,(H,14,15). The molecule has 0 rings (SSSR count). The molecule has 1 N–H and O–H groups in total. The van der Waals surface area contributed by atoms with Crippen LogP contribution in [-0.4, -0.2) is 16.9 Å². The molecule has 0 radical (unpaired) electrons. The zero-order valence-corrected chi connectivity index (χ0v) is 9.79. The second kappa shape index (κ2) is 8.45. The SMILES string of the molecule is CCCCCCCC(=O)CC(C)C(=O)O. The molecule has 0 saturated heterocycles. The van der Waals surface area contributed by atoms with Crippen LogP contribution >= 0.6 is 0 Å². The fourth-order valence-corrected chi connectivity index (χ4v) is 1.46. The summed E-state index contributed by atoms with van der Waals surface area (Å²) in [4.78, 5) is 21.8. The van der Waals surface area contributed by atoms with Gasteiger partial charge in [0.15, 0.2) is 0 Å². The quantitative estimate of drug-likeness (QED) is 0.600. The van der Waals surface area contributed by atoms with Gasteiger partial charge < -0.3 is 5.11 Å². The Hall–Kier alpha value is -0.860. The normalized spacial score (nSPS) is 12.4. The van der Waals surface area contributed by atoms with Crippen LogP contribution in [0.15, 0.2) is 0 Å². The third kappa shape index (κ3) is 8.16. The number of carbonyl (C=O) groups is 2. The number of carboxylic acids is 1. The average Bonchev–Trinajstić information content (AvgIpc) is 2.17. The molecule has 0 aliphatic carbocycles. The number of hydrogen-bond acceptors (Lipinski definition) is 2. The fraction of sp³-hybridized carbons (Fsp3) is 0.833. The van der Waals surface area contributed by atoms with Gasteiger partial charge in [0.05, 0.1) is 5.92 Å². The van der Waals surface area contributed by atoms with Crippen LogP contribution in [0, 0.1) is 5.92 Å². The number of rotatable bonds is 9. The van der Waals surface area contributed by atoms with Crippen molar-refractivity contribution in [1.29, 1.82) is 0 Å². The summed E-state index contributed by atoms with van der Waals surface area (Å²) < 4.78 is 0. The van der Waals surface area contributed by atoms with Crippen LogP contribution in [-0.2, 0) is 9.59 Å². The summed E-state index contributed by atoms with van der Waals surface area (Å²) in [6, 6.07) is 0. The molecule has 0 fully saturated rings. The third-order valence-corrected chi connectivity index (χ3v) is 2.51. The Morgan fingerprint density at radius 2 is 1.73 bits per heavy atom. The predicted molar refractivity (Wildman–Crippen MR) is 59.8 cm³/mol. The van der Waals surface area contributed by atoms with Crippen molar-refractivity contribution in [3.63, 3.8) is 0 Å². The summed E-state index contributed by atoms with van der Waals surface area (Å²) in [5.74, 6) is -1.33. The molecular weight excluding hydrogens is 192 g/mol. The molecule has 0 aromatic carbocycles. The summed E-state index contributed by atoms with van der Waals surface area (Å²) in [5.41, 5.74) is 0. The van der Waals surface area contributed by atoms with Crippen LogP contribution in [0.2, 0.25) is 0 Å². The highest BCUT2D eigenvalue weighted by Crippen LogP contribution is 2.09. The minimum atomic E-state index is -0.880. The van der Waals surface area contributed by atoms with Gasteiger partial charge in [0.2, 0.25) is 0 Å². The van der Waals surface area contributed by atoms with Crippen LogP contribution in [0.5, 0.6) is 0 Å². The number of unbranched alkanes of at least 4 members (excludes halogenated alkanes) is 4. The second-order valence-corrected chi connectivity index (χ2v) is 4.15. The molecule has 0 spiro atoms. The Morgan fingerprint density at radius 3 is 2.27 bits per heavy atom. The van der Waals surface area contributed by atoms with Crippen molar-refractivity contribution in [2.45, 2.75) is 58.8 Å². The summed E-state index contributed by atoms with van der Waals surface area (Å²) in [7, 11) is 0. The molecule has 0 aromatic rings. The lowest BCUT2D eigenvalue weighted by Gasteiger charge is -2.04. The Labute approximate surface area is 91.9 Å². The van der Waals surface area contributed by atoms with E-state index in [-0.39, 0.29) is 12.2 Å². The molecular formula is C12H22O3. The summed E-state index contributed by atoms with van der Waals surface area (Å²) >= 11 is 0. The monoisotopic (exact) mass is 214 g/mol. The molecule has 0 saturated carbocycles. The van der Waals surface area contributed by atoms with Crippen molar-refractivity contribution < 1.29 is 14.7 Å².